The molecule has 728 valence electrons. The van der Waals surface area contributed by atoms with E-state index in [1.807, 2.05) is 73.7 Å². The predicted octanol–water partition coefficient (Wildman–Crippen LogP) is 8.80. The summed E-state index contributed by atoms with van der Waals surface area (Å²) in [5.74, 6) is -9.63. The fourth-order valence-corrected chi connectivity index (χ4v) is 21.6. The lowest BCUT2D eigenvalue weighted by molar-refractivity contribution is -0.187. The molecule has 0 unspecified atom stereocenters. The first-order valence-corrected chi connectivity index (χ1v) is 51.2. The van der Waals surface area contributed by atoms with Crippen LogP contribution in [-0.4, -0.2) is 257 Å². The zero-order chi connectivity index (χ0) is 96.8. The molecule has 0 aromatic heterocycles. The molecule has 13 N–H and O–H groups in total. The molecular weight excluding hydrogens is 1800 g/mol. The number of carbonyl (C=O) groups excluding carboxylic acids is 12. The predicted molar refractivity (Wildman–Crippen MR) is 517 cm³/mol. The van der Waals surface area contributed by atoms with Gasteiger partial charge in [-0.3, -0.25) is 52.7 Å². The second-order valence-electron chi connectivity index (χ2n) is 35.4. The molecule has 3 saturated heterocycles. The summed E-state index contributed by atoms with van der Waals surface area (Å²) in [7, 11) is 10.9. The molecule has 18 atom stereocenters. The van der Waals surface area contributed by atoms with E-state index in [2.05, 4.69) is 44.1 Å². The topological polar surface area (TPSA) is 452 Å². The number of hydrogen-bond donors (Lipinski definition) is 12. The average molecular weight is 1940 g/mol. The summed E-state index contributed by atoms with van der Waals surface area (Å²) >= 11 is 6.93. The summed E-state index contributed by atoms with van der Waals surface area (Å²) in [6, 6.07) is 15.3. The number of allylic oxidation sites excluding steroid dienone is 4. The van der Waals surface area contributed by atoms with Crippen LogP contribution in [0.2, 0.25) is 5.02 Å². The van der Waals surface area contributed by atoms with Crippen molar-refractivity contribution in [2.75, 3.05) is 69.3 Å². The molecule has 5 aliphatic rings. The number of nitrogens with two attached hydrogens (primary N) is 1. The number of benzene rings is 4. The molecule has 36 heteroatoms. The molecule has 1 aliphatic carbocycles. The number of unbranched alkanes of at least 4 members (excludes halogenated alkanes) is 5. The van der Waals surface area contributed by atoms with Crippen molar-refractivity contribution in [2.45, 2.75) is 273 Å². The lowest BCUT2D eigenvalue weighted by Gasteiger charge is -2.41. The van der Waals surface area contributed by atoms with Crippen molar-refractivity contribution in [1.82, 2.24) is 42.1 Å². The van der Waals surface area contributed by atoms with Crippen molar-refractivity contribution in [1.29, 1.82) is 0 Å². The summed E-state index contributed by atoms with van der Waals surface area (Å²) in [4.78, 5) is 179. The number of methoxy groups -OCH3 is 2. The fraction of sp³-hybridized carbons (Fsp3) is 0.567. The SMILES string of the molecule is CCCCCCCC(=O)[C@@H](NC(=O)[C@@H]1CSSC[C@H](NC(=O)[C@@H](Cc2ccccc2)NCCCSSCCC(=O)N(C)[C@@H](C)C(=O)O[C@@H]2CC(=O)N(C)c3cc(cc(OC)c3Cl)C/C(C)=C/C=C/[C@@H](OC)[C@]3(O)CC(=O)O[C@@H](C3)[C@@H](C)[C@@H]3O[C@@]23C)C(=O)C[C@@H](Cc2ccc(O)cc2)C(=O)N[C@H](CC2=CCc3ccccc32)C(=O)N[C@@H](CCCCN)C(=O)N[C@@H]([C@@H](C)O)C(=O)N1)[C@@H](C)O. The van der Waals surface area contributed by atoms with Gasteiger partial charge in [-0.1, -0.05) is 191 Å². The first-order chi connectivity index (χ1) is 63.5. The van der Waals surface area contributed by atoms with E-state index in [1.165, 1.54) is 85.6 Å². The van der Waals surface area contributed by atoms with Crippen molar-refractivity contribution in [3.8, 4) is 11.5 Å². The number of aromatic hydroxyl groups is 1. The molecule has 0 spiro atoms. The third-order valence-corrected chi connectivity index (χ3v) is 30.4. The Morgan fingerprint density at radius 3 is 2.21 bits per heavy atom. The lowest BCUT2D eigenvalue weighted by Crippen LogP contribution is -2.62. The number of likely N-dealkylation sites (N-methyl/N-ethyl adjacent to an activating group) is 1. The normalized spacial score (nSPS) is 26.0. The molecule has 4 aromatic rings. The number of fused-ring (bicyclic) bond motifs is 6. The number of ether oxygens (including phenoxy) is 5. The Balaban J connectivity index is 0.914. The standard InChI is InChI=1S/C97H133ClN10O21S4/c1-12-13-14-15-19-32-76(112)86(60(5)109)105-93(121)74-56-133-132-55-73(77(113)51-67(46-63-34-38-68(111)39-35-63)89(117)102-72(50-66-37-36-65-29-20-21-30-69(65)66)92(120)101-70(31-22-23-41-99)90(118)106-87(61(6)110)94(122)104-74)103-91(119)71(47-62-27-17-16-18-28-62)100-42-25-43-130-131-44-40-82(114)107(8)59(4)95(123)128-81-52-83(115)108(9)75-48-64(49-78(125-10)85(75)98)45-57(2)26-24-33-80(126-11)97(124)53-79(127-84(116)54-97)58(3)88-96(81,7)129-88/h16-18,20-21,24,26-30,33-35,37-39,48-49,58-61,67,70-74,79-81,86-88,100,109-111,124H,12-15,19,22-23,25,31-32,36,40-47,50-56,99H2,1-11H3,(H,101,120)(H,102,117)(H,103,119)(H,104,122)(H,105,121)(H,106,118)/b33-24+,57-26+/t58-,59+,60-,61-,67-,70+,71-,72-,73+,74+,79+,80-,81-,86+,87+,88+,96+,97-/m1/s1. The van der Waals surface area contributed by atoms with Gasteiger partial charge in [-0.15, -0.1) is 0 Å². The molecule has 0 saturated carbocycles. The van der Waals surface area contributed by atoms with E-state index >= 15 is 19.2 Å². The van der Waals surface area contributed by atoms with Crippen molar-refractivity contribution in [2.24, 2.45) is 17.6 Å². The number of nitrogens with one attached hydrogen (secondary N) is 7. The van der Waals surface area contributed by atoms with Gasteiger partial charge in [-0.05, 0) is 163 Å². The highest BCUT2D eigenvalue weighted by atomic mass is 35.5. The van der Waals surface area contributed by atoms with E-state index in [1.54, 1.807) is 57.3 Å². The smallest absolute Gasteiger partial charge is 0.328 e. The van der Waals surface area contributed by atoms with Crippen molar-refractivity contribution >= 4 is 137 Å². The Hall–Kier alpha value is -8.85. The average Bonchev–Trinajstić information content (AvgIpc) is 1.57. The van der Waals surface area contributed by atoms with Gasteiger partial charge >= 0.3 is 11.9 Å². The van der Waals surface area contributed by atoms with Crippen LogP contribution >= 0.6 is 54.8 Å². The van der Waals surface area contributed by atoms with Crippen molar-refractivity contribution in [3.05, 3.63) is 154 Å². The molecule has 8 amide bonds. The number of amides is 8. The Morgan fingerprint density at radius 2 is 1.50 bits per heavy atom. The van der Waals surface area contributed by atoms with Crippen LogP contribution in [0.3, 0.4) is 0 Å². The molecular formula is C97H133ClN10O21S4. The van der Waals surface area contributed by atoms with Gasteiger partial charge in [0, 0.05) is 88.2 Å². The largest absolute Gasteiger partial charge is 0.508 e. The second-order valence-corrected chi connectivity index (χ2v) is 41.0. The summed E-state index contributed by atoms with van der Waals surface area (Å²) < 4.78 is 30.1. The fourth-order valence-electron chi connectivity index (χ4n) is 16.9. The summed E-state index contributed by atoms with van der Waals surface area (Å²) in [6.45, 7) is 12.1. The number of epoxide rings is 1. The van der Waals surface area contributed by atoms with Crippen LogP contribution in [0.4, 0.5) is 5.69 Å². The first kappa shape index (κ1) is 108. The molecule has 0 radical (unpaired) electrons. The molecule has 4 aromatic carbocycles. The number of hydrogen-bond acceptors (Lipinski definition) is 27. The van der Waals surface area contributed by atoms with E-state index < -0.39 is 186 Å². The summed E-state index contributed by atoms with van der Waals surface area (Å²) in [6.07, 6.45) is 5.29. The number of ketones is 2. The van der Waals surface area contributed by atoms with Gasteiger partial charge in [0.15, 0.2) is 11.6 Å². The second kappa shape index (κ2) is 52.5. The van der Waals surface area contributed by atoms with Gasteiger partial charge in [0.05, 0.1) is 56.0 Å². The van der Waals surface area contributed by atoms with Gasteiger partial charge in [0.1, 0.15) is 82.3 Å². The molecule has 9 rings (SSSR count). The zero-order valence-electron chi connectivity index (χ0n) is 77.8. The third-order valence-electron chi connectivity index (χ3n) is 25.1. The van der Waals surface area contributed by atoms with Crippen LogP contribution in [0, 0.1) is 11.8 Å². The monoisotopic (exact) mass is 1940 g/mol. The van der Waals surface area contributed by atoms with Gasteiger partial charge in [0.2, 0.25) is 47.3 Å². The number of aliphatic hydroxyl groups excluding tert-OH is 2. The Morgan fingerprint density at radius 1 is 0.805 bits per heavy atom. The first-order valence-electron chi connectivity index (χ1n) is 45.8. The van der Waals surface area contributed by atoms with E-state index in [9.17, 15) is 58.8 Å². The highest BCUT2D eigenvalue weighted by Gasteiger charge is 2.65. The van der Waals surface area contributed by atoms with E-state index in [0.29, 0.717) is 72.6 Å². The van der Waals surface area contributed by atoms with Crippen LogP contribution in [0.25, 0.3) is 5.57 Å². The summed E-state index contributed by atoms with van der Waals surface area (Å²) in [5.41, 5.74) is 8.70. The van der Waals surface area contributed by atoms with Crippen LogP contribution in [-0.2, 0) is 102 Å². The maximum absolute atomic E-state index is 15.6. The van der Waals surface area contributed by atoms with Gasteiger partial charge < -0.3 is 96.9 Å². The molecule has 133 heavy (non-hydrogen) atoms. The van der Waals surface area contributed by atoms with Crippen molar-refractivity contribution < 1.29 is 102 Å². The molecule has 4 aliphatic heterocycles. The maximum atomic E-state index is 15.6. The maximum Gasteiger partial charge on any atom is 0.328 e. The minimum atomic E-state index is -1.75. The number of nitrogens with zero attached hydrogens (tertiary/aromatic N) is 2. The van der Waals surface area contributed by atoms with Crippen LogP contribution in [0.15, 0.2) is 121 Å². The minimum absolute atomic E-state index is 0.00599. The number of esters is 2. The van der Waals surface area contributed by atoms with E-state index in [-0.39, 0.29) is 92.6 Å². The van der Waals surface area contributed by atoms with Crippen LogP contribution in [0.5, 0.6) is 11.5 Å². The number of anilines is 1. The number of halogens is 1. The van der Waals surface area contributed by atoms with Crippen molar-refractivity contribution in [3.63, 3.8) is 0 Å². The molecule has 3 fully saturated rings. The third kappa shape index (κ3) is 31.3. The highest BCUT2D eigenvalue weighted by molar-refractivity contribution is 8.77. The number of phenolic OH excluding ortho intramolecular Hbond substituents is 1. The minimum Gasteiger partial charge on any atom is -0.508 e. The number of aliphatic hydroxyl groups is 3. The Labute approximate surface area is 800 Å². The molecule has 4 bridgehead atoms. The summed E-state index contributed by atoms with van der Waals surface area (Å²) in [5, 5.41) is 65.2. The van der Waals surface area contributed by atoms with Crippen LogP contribution in [0.1, 0.15) is 179 Å². The van der Waals surface area contributed by atoms with Crippen LogP contribution < -0.4 is 52.6 Å². The lowest BCUT2D eigenvalue weighted by atomic mass is 9.78. The number of rotatable bonds is 37. The Bertz CT molecular complexity index is 4760. The molecule has 4 heterocycles. The van der Waals surface area contributed by atoms with E-state index in [0.717, 1.165) is 75.1 Å². The highest BCUT2D eigenvalue weighted by Crippen LogP contribution is 2.50. The van der Waals surface area contributed by atoms with Gasteiger partial charge in [-0.2, -0.15) is 0 Å². The number of Topliss-reactive ketones (excluding diaryl/α,β-unsaturated/α-hetero) is 2. The zero-order valence-corrected chi connectivity index (χ0v) is 81.8. The molecule has 31 nitrogen and oxygen atoms in total. The number of carbonyl (C=O) groups is 12. The Kier molecular flexibility index (Phi) is 42.5. The van der Waals surface area contributed by atoms with Gasteiger partial charge in [-0.25, -0.2) is 4.79 Å². The quantitative estimate of drug-likeness (QED) is 0.00868. The number of phenols is 1. The van der Waals surface area contributed by atoms with E-state index in [4.69, 9.17) is 41.0 Å². The van der Waals surface area contributed by atoms with Gasteiger partial charge in [0.25, 0.3) is 0 Å².